The smallest absolute Gasteiger partial charge is 0.246 e. The van der Waals surface area contributed by atoms with Crippen LogP contribution in [0.3, 0.4) is 0 Å². The van der Waals surface area contributed by atoms with Gasteiger partial charge in [0, 0.05) is 30.8 Å². The molecule has 0 saturated carbocycles. The molecule has 1 amide bonds. The van der Waals surface area contributed by atoms with Crippen LogP contribution in [-0.4, -0.2) is 75.6 Å². The fraction of sp³-hybridized carbons (Fsp3) is 0.400. The summed E-state index contributed by atoms with van der Waals surface area (Å²) in [5.74, 6) is 1.17. The van der Waals surface area contributed by atoms with E-state index in [1.165, 1.54) is 35.4 Å². The van der Waals surface area contributed by atoms with E-state index in [0.29, 0.717) is 52.0 Å². The van der Waals surface area contributed by atoms with Crippen LogP contribution in [0, 0.1) is 11.7 Å². The van der Waals surface area contributed by atoms with Crippen LogP contribution in [0.4, 0.5) is 15.9 Å². The number of ether oxygens (including phenoxy) is 2. The molecule has 11 nitrogen and oxygen atoms in total. The molecule has 4 N–H and O–H groups in total. The van der Waals surface area contributed by atoms with Gasteiger partial charge in [-0.3, -0.25) is 9.48 Å². The second kappa shape index (κ2) is 13.6. The molecular formula is C30H36FN7O4. The Labute approximate surface area is 243 Å². The molecule has 2 aromatic heterocycles. The highest BCUT2D eigenvalue weighted by molar-refractivity contribution is 5.93. The van der Waals surface area contributed by atoms with Crippen LogP contribution in [0.1, 0.15) is 37.3 Å². The number of primary amides is 1. The second-order valence-corrected chi connectivity index (χ2v) is 10.4. The van der Waals surface area contributed by atoms with E-state index in [1.54, 1.807) is 19.4 Å². The maximum absolute atomic E-state index is 13.8. The van der Waals surface area contributed by atoms with Gasteiger partial charge < -0.3 is 30.5 Å². The number of carbonyl (C=O) groups excluding carboxylic acids is 1. The summed E-state index contributed by atoms with van der Waals surface area (Å²) in [5, 5.41) is 17.4. The van der Waals surface area contributed by atoms with Crippen molar-refractivity contribution in [2.45, 2.75) is 31.7 Å². The van der Waals surface area contributed by atoms with Crippen LogP contribution >= 0.6 is 0 Å². The fourth-order valence-corrected chi connectivity index (χ4v) is 5.39. The Hall–Kier alpha value is -4.29. The number of halogens is 1. The molecule has 12 heteroatoms. The standard InChI is InChI=1S/C30H36FN7O4/c1-41-26-15-24-25(16-27(26)42-13-3-9-37-10-6-20(7-11-37)8-12-39)33-19-34-30(24)36-23-17-35-38(18-23)28(29(32)40)21-4-2-5-22(31)14-21/h2,4-5,14-20,28,39H,3,6-13H2,1H3,(H2,32,40)(H,33,34,36). The number of likely N-dealkylation sites (tertiary alicyclic amines) is 1. The van der Waals surface area contributed by atoms with Crippen molar-refractivity contribution in [1.82, 2.24) is 24.6 Å². The number of benzene rings is 2. The lowest BCUT2D eigenvalue weighted by Gasteiger charge is -2.31. The number of piperidine rings is 1. The van der Waals surface area contributed by atoms with Crippen LogP contribution in [0.5, 0.6) is 11.5 Å². The van der Waals surface area contributed by atoms with Gasteiger partial charge in [0.25, 0.3) is 0 Å². The van der Waals surface area contributed by atoms with E-state index >= 15 is 0 Å². The van der Waals surface area contributed by atoms with Gasteiger partial charge in [-0.15, -0.1) is 0 Å². The predicted molar refractivity (Wildman–Crippen MR) is 156 cm³/mol. The van der Waals surface area contributed by atoms with E-state index in [4.69, 9.17) is 20.3 Å². The largest absolute Gasteiger partial charge is 0.493 e. The number of fused-ring (bicyclic) bond motifs is 1. The normalized spacial score (nSPS) is 15.0. The zero-order valence-corrected chi connectivity index (χ0v) is 23.6. The molecule has 0 bridgehead atoms. The third-order valence-corrected chi connectivity index (χ3v) is 7.60. The maximum atomic E-state index is 13.8. The first-order valence-corrected chi connectivity index (χ1v) is 14.1. The lowest BCUT2D eigenvalue weighted by atomic mass is 9.94. The van der Waals surface area contributed by atoms with Gasteiger partial charge in [-0.05, 0) is 68.5 Å². The van der Waals surface area contributed by atoms with E-state index in [1.807, 2.05) is 12.1 Å². The molecular weight excluding hydrogens is 541 g/mol. The Morgan fingerprint density at radius 3 is 2.79 bits per heavy atom. The maximum Gasteiger partial charge on any atom is 0.246 e. The van der Waals surface area contributed by atoms with Crippen molar-refractivity contribution in [2.24, 2.45) is 11.7 Å². The van der Waals surface area contributed by atoms with Gasteiger partial charge in [0.05, 0.1) is 31.1 Å². The quantitative estimate of drug-likeness (QED) is 0.203. The number of rotatable bonds is 13. The van der Waals surface area contributed by atoms with Gasteiger partial charge >= 0.3 is 0 Å². The van der Waals surface area contributed by atoms with Gasteiger partial charge in [-0.25, -0.2) is 14.4 Å². The Morgan fingerprint density at radius 2 is 2.05 bits per heavy atom. The Balaban J connectivity index is 1.25. The molecule has 1 aliphatic rings. The Morgan fingerprint density at radius 1 is 1.21 bits per heavy atom. The summed E-state index contributed by atoms with van der Waals surface area (Å²) >= 11 is 0. The zero-order valence-electron chi connectivity index (χ0n) is 23.6. The highest BCUT2D eigenvalue weighted by Gasteiger charge is 2.22. The molecule has 5 rings (SSSR count). The molecule has 1 saturated heterocycles. The van der Waals surface area contributed by atoms with E-state index < -0.39 is 17.8 Å². The van der Waals surface area contributed by atoms with E-state index in [0.717, 1.165) is 45.3 Å². The first kappa shape index (κ1) is 29.2. The minimum Gasteiger partial charge on any atom is -0.493 e. The van der Waals surface area contributed by atoms with Gasteiger partial charge in [0.1, 0.15) is 18.0 Å². The third kappa shape index (κ3) is 6.94. The molecule has 1 fully saturated rings. The molecule has 0 aliphatic carbocycles. The highest BCUT2D eigenvalue weighted by Crippen LogP contribution is 2.35. The van der Waals surface area contributed by atoms with Crippen molar-refractivity contribution in [2.75, 3.05) is 45.3 Å². The second-order valence-electron chi connectivity index (χ2n) is 10.4. The topological polar surface area (TPSA) is 141 Å². The van der Waals surface area contributed by atoms with Gasteiger partial charge in [-0.2, -0.15) is 5.10 Å². The first-order chi connectivity index (χ1) is 20.4. The molecule has 1 unspecified atom stereocenters. The summed E-state index contributed by atoms with van der Waals surface area (Å²) in [6, 6.07) is 8.38. The van der Waals surface area contributed by atoms with E-state index in [2.05, 4.69) is 25.3 Å². The average Bonchev–Trinajstić information content (AvgIpc) is 3.43. The molecule has 1 aliphatic heterocycles. The number of amides is 1. The number of nitrogens with two attached hydrogens (primary N) is 1. The van der Waals surface area contributed by atoms with Gasteiger partial charge in [0.2, 0.25) is 5.91 Å². The van der Waals surface area contributed by atoms with Crippen LogP contribution < -0.4 is 20.5 Å². The summed E-state index contributed by atoms with van der Waals surface area (Å²) in [6.07, 6.45) is 8.64. The zero-order chi connectivity index (χ0) is 29.5. The van der Waals surface area contributed by atoms with Gasteiger partial charge in [0.15, 0.2) is 17.5 Å². The van der Waals surface area contributed by atoms with Crippen molar-refractivity contribution in [1.29, 1.82) is 0 Å². The minimum atomic E-state index is -0.976. The SMILES string of the molecule is COc1cc2c(Nc3cnn(C(C(N)=O)c4cccc(F)c4)c3)ncnc2cc1OCCCN1CCC(CCO)CC1. The summed E-state index contributed by atoms with van der Waals surface area (Å²) < 4.78 is 26.9. The van der Waals surface area contributed by atoms with Crippen molar-refractivity contribution < 1.29 is 23.8 Å². The number of methoxy groups -OCH3 is 1. The molecule has 0 radical (unpaired) electrons. The Kier molecular flexibility index (Phi) is 9.45. The molecule has 2 aromatic carbocycles. The monoisotopic (exact) mass is 577 g/mol. The van der Waals surface area contributed by atoms with Crippen molar-refractivity contribution >= 4 is 28.3 Å². The lowest BCUT2D eigenvalue weighted by molar-refractivity contribution is -0.120. The summed E-state index contributed by atoms with van der Waals surface area (Å²) in [5.41, 5.74) is 7.24. The first-order valence-electron chi connectivity index (χ1n) is 14.1. The van der Waals surface area contributed by atoms with Crippen LogP contribution in [0.25, 0.3) is 10.9 Å². The summed E-state index contributed by atoms with van der Waals surface area (Å²) in [6.45, 7) is 3.89. The molecule has 4 aromatic rings. The lowest BCUT2D eigenvalue weighted by Crippen LogP contribution is -2.35. The number of nitrogens with zero attached hydrogens (tertiary/aromatic N) is 5. The fourth-order valence-electron chi connectivity index (χ4n) is 5.39. The molecule has 0 spiro atoms. The van der Waals surface area contributed by atoms with Crippen molar-refractivity contribution in [3.05, 3.63) is 66.5 Å². The van der Waals surface area contributed by atoms with Crippen LogP contribution in [-0.2, 0) is 4.79 Å². The van der Waals surface area contributed by atoms with Gasteiger partial charge in [-0.1, -0.05) is 12.1 Å². The number of aliphatic hydroxyl groups is 1. The predicted octanol–water partition coefficient (Wildman–Crippen LogP) is 3.66. The van der Waals surface area contributed by atoms with Crippen LogP contribution in [0.2, 0.25) is 0 Å². The average molecular weight is 578 g/mol. The number of anilines is 2. The summed E-state index contributed by atoms with van der Waals surface area (Å²) in [7, 11) is 1.59. The van der Waals surface area contributed by atoms with E-state index in [-0.39, 0.29) is 6.61 Å². The Bertz CT molecular complexity index is 1510. The third-order valence-electron chi connectivity index (χ3n) is 7.60. The molecule has 42 heavy (non-hydrogen) atoms. The number of hydrogen-bond acceptors (Lipinski definition) is 9. The highest BCUT2D eigenvalue weighted by atomic mass is 19.1. The van der Waals surface area contributed by atoms with Crippen molar-refractivity contribution in [3.8, 4) is 11.5 Å². The summed E-state index contributed by atoms with van der Waals surface area (Å²) in [4.78, 5) is 23.5. The number of aliphatic hydroxyl groups excluding tert-OH is 1. The van der Waals surface area contributed by atoms with E-state index in [9.17, 15) is 9.18 Å². The number of hydrogen-bond donors (Lipinski definition) is 3. The minimum absolute atomic E-state index is 0.273. The molecule has 3 heterocycles. The number of carbonyl (C=O) groups is 1. The molecule has 1 atom stereocenters. The van der Waals surface area contributed by atoms with Crippen LogP contribution in [0.15, 0.2) is 55.1 Å². The number of nitrogens with one attached hydrogen (secondary N) is 1. The van der Waals surface area contributed by atoms with Crippen molar-refractivity contribution in [3.63, 3.8) is 0 Å². The number of aromatic nitrogens is 4. The molecule has 222 valence electrons.